The summed E-state index contributed by atoms with van der Waals surface area (Å²) in [4.78, 5) is 16.3. The van der Waals surface area contributed by atoms with E-state index in [9.17, 15) is 0 Å². The van der Waals surface area contributed by atoms with Crippen LogP contribution in [0, 0.1) is 20.8 Å². The molecule has 0 spiro atoms. The smallest absolute Gasteiger partial charge is 0.228 e. The van der Waals surface area contributed by atoms with Gasteiger partial charge in [-0.05, 0) is 55.2 Å². The Bertz CT molecular complexity index is 1220. The van der Waals surface area contributed by atoms with Crippen molar-refractivity contribution in [1.29, 1.82) is 0 Å². The molecule has 0 unspecified atom stereocenters. The molecule has 2 aromatic heterocycles. The van der Waals surface area contributed by atoms with Gasteiger partial charge < -0.3 is 9.88 Å². The van der Waals surface area contributed by atoms with Crippen molar-refractivity contribution in [3.63, 3.8) is 0 Å². The molecule has 1 aliphatic heterocycles. The topological polar surface area (TPSA) is 58.9 Å². The lowest BCUT2D eigenvalue weighted by Gasteiger charge is -2.28. The van der Waals surface area contributed by atoms with E-state index in [1.165, 1.54) is 27.8 Å². The van der Waals surface area contributed by atoms with Crippen LogP contribution in [0.15, 0.2) is 61.2 Å². The Morgan fingerprint density at radius 3 is 2.56 bits per heavy atom. The van der Waals surface area contributed by atoms with E-state index in [1.54, 1.807) is 0 Å². The van der Waals surface area contributed by atoms with Gasteiger partial charge >= 0.3 is 0 Å². The van der Waals surface area contributed by atoms with Crippen molar-refractivity contribution in [3.05, 3.63) is 94.7 Å². The molecular weight excluding hydrogens is 396 g/mol. The highest BCUT2D eigenvalue weighted by Gasteiger charge is 2.19. The third kappa shape index (κ3) is 4.27. The van der Waals surface area contributed by atoms with E-state index in [-0.39, 0.29) is 0 Å². The van der Waals surface area contributed by atoms with Crippen molar-refractivity contribution in [1.82, 2.24) is 24.4 Å². The fraction of sp³-hybridized carbons (Fsp3) is 0.269. The van der Waals surface area contributed by atoms with Gasteiger partial charge in [0, 0.05) is 43.5 Å². The van der Waals surface area contributed by atoms with E-state index in [2.05, 4.69) is 83.4 Å². The van der Waals surface area contributed by atoms with Gasteiger partial charge in [0.15, 0.2) is 5.82 Å². The predicted octanol–water partition coefficient (Wildman–Crippen LogP) is 4.89. The van der Waals surface area contributed by atoms with Gasteiger partial charge in [0.2, 0.25) is 5.95 Å². The van der Waals surface area contributed by atoms with Gasteiger partial charge in [-0.25, -0.2) is 15.0 Å². The van der Waals surface area contributed by atoms with Gasteiger partial charge in [0.1, 0.15) is 6.33 Å². The first-order chi connectivity index (χ1) is 15.5. The first-order valence-electron chi connectivity index (χ1n) is 11.1. The summed E-state index contributed by atoms with van der Waals surface area (Å²) in [7, 11) is 0. The summed E-state index contributed by atoms with van der Waals surface area (Å²) in [6.45, 7) is 9.28. The van der Waals surface area contributed by atoms with E-state index in [0.717, 1.165) is 43.3 Å². The number of imidazole rings is 1. The zero-order valence-electron chi connectivity index (χ0n) is 18.8. The lowest BCUT2D eigenvalue weighted by atomic mass is 10.0. The van der Waals surface area contributed by atoms with Crippen molar-refractivity contribution in [2.24, 2.45) is 0 Å². The zero-order chi connectivity index (χ0) is 22.1. The average Bonchev–Trinajstić information content (AvgIpc) is 3.26. The number of hydrogen-bond donors (Lipinski definition) is 1. The Kier molecular flexibility index (Phi) is 5.45. The number of fused-ring (bicyclic) bond motifs is 1. The van der Waals surface area contributed by atoms with Crippen molar-refractivity contribution >= 4 is 11.8 Å². The fourth-order valence-electron chi connectivity index (χ4n) is 4.22. The van der Waals surface area contributed by atoms with Crippen molar-refractivity contribution < 1.29 is 0 Å². The number of anilines is 2. The van der Waals surface area contributed by atoms with E-state index >= 15 is 0 Å². The molecule has 6 heteroatoms. The molecule has 0 amide bonds. The van der Waals surface area contributed by atoms with Gasteiger partial charge in [0.25, 0.3) is 0 Å². The molecule has 0 atom stereocenters. The molecule has 2 aromatic carbocycles. The second-order valence-electron chi connectivity index (χ2n) is 8.61. The molecule has 0 aliphatic carbocycles. The van der Waals surface area contributed by atoms with Crippen LogP contribution in [0.2, 0.25) is 0 Å². The molecule has 0 bridgehead atoms. The second-order valence-corrected chi connectivity index (χ2v) is 8.61. The van der Waals surface area contributed by atoms with E-state index in [1.807, 2.05) is 23.3 Å². The Balaban J connectivity index is 1.28. The van der Waals surface area contributed by atoms with Crippen molar-refractivity contribution in [2.75, 3.05) is 11.9 Å². The Morgan fingerprint density at radius 1 is 1.00 bits per heavy atom. The summed E-state index contributed by atoms with van der Waals surface area (Å²) in [5.74, 6) is 1.34. The van der Waals surface area contributed by atoms with Crippen molar-refractivity contribution in [2.45, 2.75) is 40.3 Å². The molecule has 5 rings (SSSR count). The van der Waals surface area contributed by atoms with Gasteiger partial charge in [-0.3, -0.25) is 4.90 Å². The number of aryl methyl sites for hydroxylation is 2. The standard InChI is InChI=1S/C26H28N6/c1-18-11-23(12-19(2)20(18)3)32-16-25(28-17-32)30-26-27-13-22-15-31(10-9-24(22)29-26)14-21-7-5-4-6-8-21/h4-8,11-13,16-17H,9-10,14-15H2,1-3H3,(H,27,29,30). The minimum Gasteiger partial charge on any atom is -0.307 e. The van der Waals surface area contributed by atoms with Crippen LogP contribution < -0.4 is 5.32 Å². The summed E-state index contributed by atoms with van der Waals surface area (Å²) >= 11 is 0. The highest BCUT2D eigenvalue weighted by molar-refractivity contribution is 5.50. The molecule has 1 N–H and O–H groups in total. The third-order valence-electron chi connectivity index (χ3n) is 6.29. The number of hydrogen-bond acceptors (Lipinski definition) is 5. The number of benzene rings is 2. The molecule has 6 nitrogen and oxygen atoms in total. The third-order valence-corrected chi connectivity index (χ3v) is 6.29. The quantitative estimate of drug-likeness (QED) is 0.494. The highest BCUT2D eigenvalue weighted by Crippen LogP contribution is 2.22. The van der Waals surface area contributed by atoms with Crippen LogP contribution >= 0.6 is 0 Å². The van der Waals surface area contributed by atoms with Crippen LogP contribution in [-0.2, 0) is 19.5 Å². The Hall–Kier alpha value is -3.51. The molecule has 0 radical (unpaired) electrons. The summed E-state index contributed by atoms with van der Waals surface area (Å²) in [6, 6.07) is 15.0. The molecule has 4 aromatic rings. The number of nitrogens with zero attached hydrogens (tertiary/aromatic N) is 5. The van der Waals surface area contributed by atoms with Crippen LogP contribution in [0.4, 0.5) is 11.8 Å². The maximum absolute atomic E-state index is 4.77. The number of nitrogens with one attached hydrogen (secondary N) is 1. The Morgan fingerprint density at radius 2 is 1.78 bits per heavy atom. The highest BCUT2D eigenvalue weighted by atomic mass is 15.2. The fourth-order valence-corrected chi connectivity index (χ4v) is 4.22. The summed E-state index contributed by atoms with van der Waals surface area (Å²) in [6.07, 6.45) is 6.68. The second kappa shape index (κ2) is 8.55. The maximum atomic E-state index is 4.77. The van der Waals surface area contributed by atoms with Crippen LogP contribution in [-0.4, -0.2) is 31.0 Å². The first kappa shape index (κ1) is 20.4. The van der Waals surface area contributed by atoms with E-state index < -0.39 is 0 Å². The monoisotopic (exact) mass is 424 g/mol. The van der Waals surface area contributed by atoms with Gasteiger partial charge in [-0.15, -0.1) is 0 Å². The molecule has 3 heterocycles. The van der Waals surface area contributed by atoms with Crippen LogP contribution in [0.1, 0.15) is 33.5 Å². The Labute approximate surface area is 189 Å². The van der Waals surface area contributed by atoms with Crippen LogP contribution in [0.5, 0.6) is 0 Å². The molecule has 0 fully saturated rings. The summed E-state index contributed by atoms with van der Waals surface area (Å²) in [5.41, 5.74) is 8.66. The maximum Gasteiger partial charge on any atom is 0.228 e. The minimum absolute atomic E-state index is 0.599. The first-order valence-corrected chi connectivity index (χ1v) is 11.1. The summed E-state index contributed by atoms with van der Waals surface area (Å²) in [5, 5.41) is 3.27. The van der Waals surface area contributed by atoms with Crippen LogP contribution in [0.3, 0.4) is 0 Å². The average molecular weight is 425 g/mol. The molecule has 0 saturated heterocycles. The molecule has 0 saturated carbocycles. The largest absolute Gasteiger partial charge is 0.307 e. The molecule has 1 aliphatic rings. The van der Waals surface area contributed by atoms with Crippen LogP contribution in [0.25, 0.3) is 5.69 Å². The number of aromatic nitrogens is 4. The normalized spacial score (nSPS) is 13.7. The van der Waals surface area contributed by atoms with Crippen molar-refractivity contribution in [3.8, 4) is 5.69 Å². The van der Waals surface area contributed by atoms with E-state index in [0.29, 0.717) is 5.95 Å². The summed E-state index contributed by atoms with van der Waals surface area (Å²) < 4.78 is 2.03. The molecule has 32 heavy (non-hydrogen) atoms. The van der Waals surface area contributed by atoms with E-state index in [4.69, 9.17) is 4.98 Å². The number of rotatable bonds is 5. The van der Waals surface area contributed by atoms with Gasteiger partial charge in [-0.2, -0.15) is 0 Å². The lowest BCUT2D eigenvalue weighted by molar-refractivity contribution is 0.243. The zero-order valence-corrected chi connectivity index (χ0v) is 18.8. The molecular formula is C26H28N6. The SMILES string of the molecule is Cc1cc(-n2cnc(Nc3ncc4c(n3)CCN(Cc3ccccc3)C4)c2)cc(C)c1C. The minimum atomic E-state index is 0.599. The predicted molar refractivity (Wildman–Crippen MR) is 127 cm³/mol. The van der Waals surface area contributed by atoms with Gasteiger partial charge in [-0.1, -0.05) is 30.3 Å². The molecule has 162 valence electrons. The van der Waals surface area contributed by atoms with Gasteiger partial charge in [0.05, 0.1) is 11.9 Å². The lowest BCUT2D eigenvalue weighted by Crippen LogP contribution is -2.31.